The number of halogens is 1. The first-order chi connectivity index (χ1) is 8.66. The van der Waals surface area contributed by atoms with Gasteiger partial charge < -0.3 is 9.30 Å². The van der Waals surface area contributed by atoms with Gasteiger partial charge in [-0.15, -0.1) is 0 Å². The molecule has 0 bridgehead atoms. The van der Waals surface area contributed by atoms with Crippen LogP contribution >= 0.6 is 0 Å². The lowest BCUT2D eigenvalue weighted by Crippen LogP contribution is -2.07. The van der Waals surface area contributed by atoms with Gasteiger partial charge in [-0.2, -0.15) is 0 Å². The lowest BCUT2D eigenvalue weighted by molar-refractivity contribution is 0.101. The number of carbonyl (C=O) groups excluding carboxylic acids is 1. The minimum atomic E-state index is -0.314. The Kier molecular flexibility index (Phi) is 2.67. The number of nitrogens with zero attached hydrogens (tertiary/aromatic N) is 1. The predicted octanol–water partition coefficient (Wildman–Crippen LogP) is 2.94. The molecular formula is C14H14FNO2. The quantitative estimate of drug-likeness (QED) is 0.764. The highest BCUT2D eigenvalue weighted by atomic mass is 19.1. The molecule has 0 radical (unpaired) electrons. The molecule has 0 aliphatic carbocycles. The van der Waals surface area contributed by atoms with Crippen LogP contribution in [0.1, 0.15) is 29.7 Å². The Labute approximate surface area is 104 Å². The van der Waals surface area contributed by atoms with Crippen molar-refractivity contribution in [3.63, 3.8) is 0 Å². The number of benzene rings is 1. The summed E-state index contributed by atoms with van der Waals surface area (Å²) in [6.45, 7) is 2.90. The molecule has 1 aromatic carbocycles. The standard InChI is InChI=1S/C14H14FNO2/c1-9(17)13-7-16(11-4-5-18-8-11)14-3-2-10(15)6-12(13)14/h2-3,6-7,11H,4-5,8H2,1H3/t11-/m0/s1. The fraction of sp³-hybridized carbons (Fsp3) is 0.357. The third kappa shape index (κ3) is 1.73. The van der Waals surface area contributed by atoms with Gasteiger partial charge in [0.15, 0.2) is 5.78 Å². The Hall–Kier alpha value is -1.68. The molecule has 0 saturated carbocycles. The average Bonchev–Trinajstić information content (AvgIpc) is 2.93. The highest BCUT2D eigenvalue weighted by Gasteiger charge is 2.21. The highest BCUT2D eigenvalue weighted by molar-refractivity contribution is 6.07. The van der Waals surface area contributed by atoms with Crippen LogP contribution in [0.4, 0.5) is 4.39 Å². The van der Waals surface area contributed by atoms with E-state index in [1.807, 2.05) is 10.8 Å². The summed E-state index contributed by atoms with van der Waals surface area (Å²) in [5, 5.41) is 0.689. The molecule has 1 atom stereocenters. The Morgan fingerprint density at radius 3 is 3.00 bits per heavy atom. The maximum Gasteiger partial charge on any atom is 0.161 e. The van der Waals surface area contributed by atoms with Crippen LogP contribution in [0.2, 0.25) is 0 Å². The summed E-state index contributed by atoms with van der Waals surface area (Å²) in [5.41, 5.74) is 1.48. The minimum Gasteiger partial charge on any atom is -0.379 e. The minimum absolute atomic E-state index is 0.0386. The highest BCUT2D eigenvalue weighted by Crippen LogP contribution is 2.29. The van der Waals surface area contributed by atoms with E-state index in [-0.39, 0.29) is 17.6 Å². The first-order valence-electron chi connectivity index (χ1n) is 6.05. The number of rotatable bonds is 2. The molecule has 2 heterocycles. The average molecular weight is 247 g/mol. The lowest BCUT2D eigenvalue weighted by atomic mass is 10.1. The molecule has 0 N–H and O–H groups in total. The van der Waals surface area contributed by atoms with Gasteiger partial charge >= 0.3 is 0 Å². The second-order valence-electron chi connectivity index (χ2n) is 4.69. The van der Waals surface area contributed by atoms with Crippen molar-refractivity contribution in [1.82, 2.24) is 4.57 Å². The maximum absolute atomic E-state index is 13.3. The van der Waals surface area contributed by atoms with Gasteiger partial charge in [-0.1, -0.05) is 0 Å². The second-order valence-corrected chi connectivity index (χ2v) is 4.69. The maximum atomic E-state index is 13.3. The van der Waals surface area contributed by atoms with Crippen LogP contribution in [0.15, 0.2) is 24.4 Å². The number of hydrogen-bond donors (Lipinski definition) is 0. The molecule has 1 aliphatic rings. The zero-order valence-electron chi connectivity index (χ0n) is 10.1. The number of ketones is 1. The number of hydrogen-bond acceptors (Lipinski definition) is 2. The Balaban J connectivity index is 2.22. The zero-order chi connectivity index (χ0) is 12.7. The number of fused-ring (bicyclic) bond motifs is 1. The van der Waals surface area contributed by atoms with Crippen LogP contribution in [-0.4, -0.2) is 23.6 Å². The van der Waals surface area contributed by atoms with Gasteiger partial charge in [-0.05, 0) is 31.5 Å². The van der Waals surface area contributed by atoms with Crippen LogP contribution in [0.25, 0.3) is 10.9 Å². The number of aromatic nitrogens is 1. The van der Waals surface area contributed by atoms with Gasteiger partial charge in [0.25, 0.3) is 0 Å². The van der Waals surface area contributed by atoms with Crippen LogP contribution in [0.5, 0.6) is 0 Å². The summed E-state index contributed by atoms with van der Waals surface area (Å²) in [4.78, 5) is 11.6. The van der Waals surface area contributed by atoms with E-state index >= 15 is 0 Å². The summed E-state index contributed by atoms with van der Waals surface area (Å²) in [7, 11) is 0. The van der Waals surface area contributed by atoms with Crippen molar-refractivity contribution in [3.05, 3.63) is 35.8 Å². The van der Waals surface area contributed by atoms with Crippen molar-refractivity contribution >= 4 is 16.7 Å². The molecule has 0 unspecified atom stereocenters. The van der Waals surface area contributed by atoms with Crippen molar-refractivity contribution in [2.24, 2.45) is 0 Å². The van der Waals surface area contributed by atoms with Crippen LogP contribution in [-0.2, 0) is 4.74 Å². The Morgan fingerprint density at radius 2 is 2.33 bits per heavy atom. The molecule has 1 saturated heterocycles. The van der Waals surface area contributed by atoms with Gasteiger partial charge in [-0.25, -0.2) is 4.39 Å². The van der Waals surface area contributed by atoms with E-state index in [1.165, 1.54) is 19.1 Å². The van der Waals surface area contributed by atoms with Crippen LogP contribution in [0, 0.1) is 5.82 Å². The van der Waals surface area contributed by atoms with Crippen LogP contribution < -0.4 is 0 Å². The SMILES string of the molecule is CC(=O)c1cn([C@H]2CCOC2)c2ccc(F)cc12. The van der Waals surface area contributed by atoms with Crippen molar-refractivity contribution in [1.29, 1.82) is 0 Å². The van der Waals surface area contributed by atoms with Gasteiger partial charge in [0.2, 0.25) is 0 Å². The lowest BCUT2D eigenvalue weighted by Gasteiger charge is -2.11. The molecule has 94 valence electrons. The fourth-order valence-electron chi connectivity index (χ4n) is 2.55. The Morgan fingerprint density at radius 1 is 1.50 bits per heavy atom. The fourth-order valence-corrected chi connectivity index (χ4v) is 2.55. The molecule has 1 aromatic heterocycles. The predicted molar refractivity (Wildman–Crippen MR) is 66.4 cm³/mol. The molecule has 4 heteroatoms. The molecule has 1 aliphatic heterocycles. The normalized spacial score (nSPS) is 19.6. The van der Waals surface area contributed by atoms with Gasteiger partial charge in [0, 0.05) is 29.3 Å². The summed E-state index contributed by atoms with van der Waals surface area (Å²) in [6.07, 6.45) is 2.75. The molecular weight excluding hydrogens is 233 g/mol. The molecule has 0 amide bonds. The van der Waals surface area contributed by atoms with E-state index < -0.39 is 0 Å². The molecule has 2 aromatic rings. The number of carbonyl (C=O) groups is 1. The monoisotopic (exact) mass is 247 g/mol. The van der Waals surface area contributed by atoms with Crippen molar-refractivity contribution in [2.45, 2.75) is 19.4 Å². The van der Waals surface area contributed by atoms with E-state index in [9.17, 15) is 9.18 Å². The smallest absolute Gasteiger partial charge is 0.161 e. The van der Waals surface area contributed by atoms with Crippen molar-refractivity contribution < 1.29 is 13.9 Å². The van der Waals surface area contributed by atoms with Crippen molar-refractivity contribution in [2.75, 3.05) is 13.2 Å². The van der Waals surface area contributed by atoms with Crippen molar-refractivity contribution in [3.8, 4) is 0 Å². The first-order valence-corrected chi connectivity index (χ1v) is 6.05. The zero-order valence-corrected chi connectivity index (χ0v) is 10.1. The van der Waals surface area contributed by atoms with Crippen LogP contribution in [0.3, 0.4) is 0 Å². The second kappa shape index (κ2) is 4.21. The molecule has 0 spiro atoms. The third-order valence-electron chi connectivity index (χ3n) is 3.47. The molecule has 1 fully saturated rings. The summed E-state index contributed by atoms with van der Waals surface area (Å²) in [6, 6.07) is 4.83. The van der Waals surface area contributed by atoms with Gasteiger partial charge in [0.1, 0.15) is 5.82 Å². The number of Topliss-reactive ketones (excluding diaryl/α,β-unsaturated/α-hetero) is 1. The Bertz CT molecular complexity index is 612. The molecule has 3 rings (SSSR count). The van der Waals surface area contributed by atoms with E-state index in [4.69, 9.17) is 4.74 Å². The molecule has 3 nitrogen and oxygen atoms in total. The van der Waals surface area contributed by atoms with Gasteiger partial charge in [-0.3, -0.25) is 4.79 Å². The molecule has 18 heavy (non-hydrogen) atoms. The van der Waals surface area contributed by atoms with E-state index in [0.717, 1.165) is 18.5 Å². The van der Waals surface area contributed by atoms with Gasteiger partial charge in [0.05, 0.1) is 12.6 Å². The third-order valence-corrected chi connectivity index (χ3v) is 3.47. The first kappa shape index (κ1) is 11.4. The van der Waals surface area contributed by atoms with E-state index in [1.54, 1.807) is 6.07 Å². The van der Waals surface area contributed by atoms with E-state index in [2.05, 4.69) is 0 Å². The van der Waals surface area contributed by atoms with E-state index in [0.29, 0.717) is 17.6 Å². The summed E-state index contributed by atoms with van der Waals surface area (Å²) >= 11 is 0. The summed E-state index contributed by atoms with van der Waals surface area (Å²) < 4.78 is 20.7. The largest absolute Gasteiger partial charge is 0.379 e. The number of ether oxygens (including phenoxy) is 1. The summed E-state index contributed by atoms with van der Waals surface area (Å²) in [5.74, 6) is -0.353. The topological polar surface area (TPSA) is 31.2 Å².